The van der Waals surface area contributed by atoms with Crippen LogP contribution in [0.3, 0.4) is 0 Å². The first kappa shape index (κ1) is 43.4. The van der Waals surface area contributed by atoms with Gasteiger partial charge in [-0.3, -0.25) is 4.79 Å². The minimum absolute atomic E-state index is 0.00381. The number of halogens is 3. The van der Waals surface area contributed by atoms with E-state index in [2.05, 4.69) is 63.9 Å². The third kappa shape index (κ3) is 10.6. The van der Waals surface area contributed by atoms with Gasteiger partial charge < -0.3 is 20.1 Å². The van der Waals surface area contributed by atoms with Gasteiger partial charge in [0.1, 0.15) is 11.5 Å². The molecule has 0 radical (unpaired) electrons. The lowest BCUT2D eigenvalue weighted by Gasteiger charge is -2.17. The van der Waals surface area contributed by atoms with E-state index >= 15 is 0 Å². The molecule has 0 atom stereocenters. The molecule has 1 aliphatic heterocycles. The summed E-state index contributed by atoms with van der Waals surface area (Å²) >= 11 is 10.3. The van der Waals surface area contributed by atoms with Crippen molar-refractivity contribution in [2.45, 2.75) is 108 Å². The van der Waals surface area contributed by atoms with Crippen molar-refractivity contribution in [1.82, 2.24) is 4.72 Å². The van der Waals surface area contributed by atoms with Gasteiger partial charge in [0, 0.05) is 27.8 Å². The van der Waals surface area contributed by atoms with E-state index < -0.39 is 16.1 Å². The van der Waals surface area contributed by atoms with Crippen molar-refractivity contribution in [2.24, 2.45) is 0 Å². The molecule has 312 valence electrons. The first-order valence-electron chi connectivity index (χ1n) is 20.7. The number of nitrogens with one attached hydrogen (secondary N) is 2. The number of ether oxygens (including phenoxy) is 1. The van der Waals surface area contributed by atoms with Gasteiger partial charge in [0.2, 0.25) is 0 Å². The van der Waals surface area contributed by atoms with Crippen molar-refractivity contribution in [3.63, 3.8) is 0 Å². The Kier molecular flexibility index (Phi) is 14.6. The van der Waals surface area contributed by atoms with Crippen molar-refractivity contribution in [1.29, 1.82) is 0 Å². The van der Waals surface area contributed by atoms with E-state index in [0.717, 1.165) is 115 Å². The average molecular weight is 1010 g/mol. The van der Waals surface area contributed by atoms with Crippen molar-refractivity contribution in [3.05, 3.63) is 107 Å². The van der Waals surface area contributed by atoms with E-state index in [1.54, 1.807) is 24.3 Å². The Bertz CT molecular complexity index is 2290. The van der Waals surface area contributed by atoms with Gasteiger partial charge in [-0.25, -0.2) is 17.9 Å². The Hall–Kier alpha value is -3.65. The van der Waals surface area contributed by atoms with E-state index in [1.165, 1.54) is 48.9 Å². The molecule has 2 aliphatic carbocycles. The molecule has 59 heavy (non-hydrogen) atoms. The standard InChI is InChI=1S/C46H50Br3N3O6S/c47-33-17-22-42-38(29-33)39(25-30-26-40(48)44(53)41(49)27-30)45(54)52(42)23-9-7-5-3-1-2-4-6-8-10-24-58-34-18-20-35(21-19-34)59(56,57)51-46(55)50-43-36-15-11-13-31(36)28-32-14-12-16-37(32)43/h17-22,25-29,53H,1-16,23-24H2,(H2,50,51,55)/b39-25+. The smallest absolute Gasteiger partial charge is 0.333 e. The summed E-state index contributed by atoms with van der Waals surface area (Å²) in [7, 11) is -4.05. The summed E-state index contributed by atoms with van der Waals surface area (Å²) in [5.41, 5.74) is 8.95. The Morgan fingerprint density at radius 3 is 1.98 bits per heavy atom. The number of hydrogen-bond donors (Lipinski definition) is 3. The molecule has 0 unspecified atom stereocenters. The molecule has 0 bridgehead atoms. The number of urea groups is 1. The van der Waals surface area contributed by atoms with E-state index in [1.807, 2.05) is 29.2 Å². The van der Waals surface area contributed by atoms with E-state index in [0.29, 0.717) is 33.4 Å². The number of anilines is 2. The summed E-state index contributed by atoms with van der Waals surface area (Å²) in [5.74, 6) is 0.723. The van der Waals surface area contributed by atoms with Crippen LogP contribution in [0, 0.1) is 0 Å². The summed E-state index contributed by atoms with van der Waals surface area (Å²) in [6.45, 7) is 1.23. The highest BCUT2D eigenvalue weighted by molar-refractivity contribution is 9.11. The number of carbonyl (C=O) groups excluding carboxylic acids is 2. The second kappa shape index (κ2) is 19.8. The van der Waals surface area contributed by atoms with Gasteiger partial charge in [-0.15, -0.1) is 0 Å². The SMILES string of the molecule is O=C(Nc1c2c(cc3c1CCC3)CCC2)NS(=O)(=O)c1ccc(OCCCCCCCCCCCCN2C(=O)/C(=C/c3cc(Br)c(O)c(Br)c3)c3cc(Br)ccc32)cc1. The fourth-order valence-electron chi connectivity index (χ4n) is 8.50. The number of aromatic hydroxyl groups is 1. The van der Waals surface area contributed by atoms with Gasteiger partial charge in [0.15, 0.2) is 0 Å². The van der Waals surface area contributed by atoms with Gasteiger partial charge in [-0.2, -0.15) is 0 Å². The zero-order valence-electron chi connectivity index (χ0n) is 33.1. The van der Waals surface area contributed by atoms with Gasteiger partial charge in [-0.05, 0) is 172 Å². The number of rotatable bonds is 18. The molecule has 4 aromatic carbocycles. The Balaban J connectivity index is 0.752. The van der Waals surface area contributed by atoms with E-state index in [-0.39, 0.29) is 16.6 Å². The van der Waals surface area contributed by atoms with Crippen LogP contribution in [-0.4, -0.2) is 38.6 Å². The lowest BCUT2D eigenvalue weighted by atomic mass is 9.99. The predicted molar refractivity (Wildman–Crippen MR) is 246 cm³/mol. The lowest BCUT2D eigenvalue weighted by Crippen LogP contribution is -2.35. The lowest BCUT2D eigenvalue weighted by molar-refractivity contribution is -0.113. The number of fused-ring (bicyclic) bond motifs is 3. The Labute approximate surface area is 372 Å². The predicted octanol–water partition coefficient (Wildman–Crippen LogP) is 12.0. The highest BCUT2D eigenvalue weighted by atomic mass is 79.9. The molecule has 13 heteroatoms. The third-order valence-corrected chi connectivity index (χ3v) is 14.5. The third-order valence-electron chi connectivity index (χ3n) is 11.5. The molecule has 0 saturated carbocycles. The molecule has 4 aromatic rings. The maximum atomic E-state index is 13.6. The highest BCUT2D eigenvalue weighted by Crippen LogP contribution is 2.42. The molecule has 0 spiro atoms. The highest BCUT2D eigenvalue weighted by Gasteiger charge is 2.32. The van der Waals surface area contributed by atoms with Crippen LogP contribution in [0.4, 0.5) is 16.2 Å². The molecule has 3 N–H and O–H groups in total. The number of phenolic OH excluding ortho intramolecular Hbond substituents is 1. The van der Waals surface area contributed by atoms with Gasteiger partial charge in [-0.1, -0.05) is 73.4 Å². The van der Waals surface area contributed by atoms with Crippen LogP contribution in [0.5, 0.6) is 11.5 Å². The molecule has 7 rings (SSSR count). The van der Waals surface area contributed by atoms with E-state index in [9.17, 15) is 23.1 Å². The zero-order chi connectivity index (χ0) is 41.5. The normalized spacial score (nSPS) is 15.1. The van der Waals surface area contributed by atoms with Crippen LogP contribution >= 0.6 is 47.8 Å². The number of benzene rings is 4. The fourth-order valence-corrected chi connectivity index (χ4v) is 11.0. The summed E-state index contributed by atoms with van der Waals surface area (Å²) in [6.07, 6.45) is 18.8. The van der Waals surface area contributed by atoms with Crippen LogP contribution in [0.15, 0.2) is 79.0 Å². The Morgan fingerprint density at radius 2 is 1.36 bits per heavy atom. The zero-order valence-corrected chi connectivity index (χ0v) is 38.6. The maximum Gasteiger partial charge on any atom is 0.333 e. The summed E-state index contributed by atoms with van der Waals surface area (Å²) in [4.78, 5) is 28.4. The maximum absolute atomic E-state index is 13.6. The largest absolute Gasteiger partial charge is 0.506 e. The van der Waals surface area contributed by atoms with Gasteiger partial charge in [0.25, 0.3) is 15.9 Å². The number of unbranched alkanes of at least 4 members (excludes halogenated alkanes) is 9. The molecular weight excluding hydrogens is 962 g/mol. The number of hydrogen-bond acceptors (Lipinski definition) is 6. The van der Waals surface area contributed by atoms with Crippen LogP contribution in [0.2, 0.25) is 0 Å². The first-order valence-corrected chi connectivity index (χ1v) is 24.6. The average Bonchev–Trinajstić information content (AvgIpc) is 3.94. The molecule has 3 aliphatic rings. The van der Waals surface area contributed by atoms with Crippen molar-refractivity contribution in [2.75, 3.05) is 23.4 Å². The van der Waals surface area contributed by atoms with Gasteiger partial charge >= 0.3 is 6.03 Å². The summed E-state index contributed by atoms with van der Waals surface area (Å²) in [6, 6.07) is 17.3. The molecule has 0 fully saturated rings. The number of aryl methyl sites for hydroxylation is 2. The monoisotopic (exact) mass is 1010 g/mol. The Morgan fingerprint density at radius 1 is 0.763 bits per heavy atom. The van der Waals surface area contributed by atoms with Crippen LogP contribution < -0.4 is 19.7 Å². The van der Waals surface area contributed by atoms with Crippen LogP contribution in [-0.2, 0) is 40.5 Å². The number of sulfonamides is 1. The van der Waals surface area contributed by atoms with E-state index in [4.69, 9.17) is 4.74 Å². The summed E-state index contributed by atoms with van der Waals surface area (Å²) in [5, 5.41) is 13.0. The number of carbonyl (C=O) groups is 2. The second-order valence-electron chi connectivity index (χ2n) is 15.7. The quantitative estimate of drug-likeness (QED) is 0.0673. The van der Waals surface area contributed by atoms with Gasteiger partial charge in [0.05, 0.1) is 26.1 Å². The minimum atomic E-state index is -4.05. The van der Waals surface area contributed by atoms with Crippen molar-refractivity contribution in [3.8, 4) is 11.5 Å². The number of phenols is 1. The van der Waals surface area contributed by atoms with Crippen molar-refractivity contribution >= 4 is 92.8 Å². The first-order chi connectivity index (χ1) is 28.5. The number of amides is 3. The second-order valence-corrected chi connectivity index (χ2v) is 20.0. The molecule has 9 nitrogen and oxygen atoms in total. The molecule has 1 heterocycles. The summed E-state index contributed by atoms with van der Waals surface area (Å²) < 4.78 is 36.2. The van der Waals surface area contributed by atoms with Crippen LogP contribution in [0.25, 0.3) is 11.6 Å². The molecule has 3 amide bonds. The fraction of sp³-hybridized carbons (Fsp3) is 0.391. The van der Waals surface area contributed by atoms with Crippen LogP contribution in [0.1, 0.15) is 110 Å². The van der Waals surface area contributed by atoms with Crippen molar-refractivity contribution < 1.29 is 27.9 Å². The topological polar surface area (TPSA) is 125 Å². The molecule has 0 saturated heterocycles. The molecule has 0 aromatic heterocycles. The minimum Gasteiger partial charge on any atom is -0.506 e. The number of nitrogens with zero attached hydrogens (tertiary/aromatic N) is 1. The molecular formula is C46H50Br3N3O6S.